The van der Waals surface area contributed by atoms with Gasteiger partial charge in [0.25, 0.3) is 0 Å². The standard InChI is InChI=1S/C24H62O14P6/c25-11-39(3-7-41(13-27,14-28)15-29,4-8-42(16-30,17-31)18-32)1-2-40(12-26,5-9-43(19-33,20-34)21-35)6-10-44(22-36,23-37)24-38/h25-38H,1-24H2/q+6. The molecule has 0 unspecified atom stereocenters. The molecule has 0 aliphatic carbocycles. The van der Waals surface area contributed by atoms with Crippen molar-refractivity contribution in [2.24, 2.45) is 0 Å². The van der Waals surface area contributed by atoms with E-state index in [9.17, 15) is 71.5 Å². The molecule has 0 bridgehead atoms. The van der Waals surface area contributed by atoms with E-state index < -0.39 is 43.6 Å². The molecule has 0 aliphatic rings. The third-order valence-corrected chi connectivity index (χ3v) is 31.3. The molecule has 0 rings (SSSR count). The van der Waals surface area contributed by atoms with E-state index in [0.29, 0.717) is 37.0 Å². The molecular formula is C24H62O14P6+6. The molecular weight excluding hydrogens is 698 g/mol. The van der Waals surface area contributed by atoms with Gasteiger partial charge in [0, 0.05) is 0 Å². The normalized spacial score (nSPS) is 14.0. The summed E-state index contributed by atoms with van der Waals surface area (Å²) in [6.45, 7) is 0. The molecule has 0 aromatic rings. The van der Waals surface area contributed by atoms with E-state index in [1.54, 1.807) is 0 Å². The summed E-state index contributed by atoms with van der Waals surface area (Å²) in [6.07, 6.45) is -1.72. The van der Waals surface area contributed by atoms with Gasteiger partial charge in [-0.3, -0.25) is 0 Å². The summed E-state index contributed by atoms with van der Waals surface area (Å²) in [5.74, 6) is 0. The van der Waals surface area contributed by atoms with Gasteiger partial charge in [-0.1, -0.05) is 0 Å². The van der Waals surface area contributed by atoms with Gasteiger partial charge < -0.3 is 71.5 Å². The van der Waals surface area contributed by atoms with Crippen LogP contribution < -0.4 is 0 Å². The van der Waals surface area contributed by atoms with Gasteiger partial charge in [-0.15, -0.1) is 0 Å². The van der Waals surface area contributed by atoms with Crippen LogP contribution in [0, 0.1) is 0 Å². The number of aliphatic hydroxyl groups is 14. The minimum Gasteiger partial charge on any atom is -0.362 e. The summed E-state index contributed by atoms with van der Waals surface area (Å²) in [5.41, 5.74) is 0. The summed E-state index contributed by atoms with van der Waals surface area (Å²) in [5, 5.41) is 142. The smallest absolute Gasteiger partial charge is 0.158 e. The summed E-state index contributed by atoms with van der Waals surface area (Å²) in [6, 6.07) is 0. The van der Waals surface area contributed by atoms with Crippen LogP contribution in [0.3, 0.4) is 0 Å². The van der Waals surface area contributed by atoms with Crippen molar-refractivity contribution in [1.82, 2.24) is 0 Å². The van der Waals surface area contributed by atoms with Crippen LogP contribution in [0.15, 0.2) is 0 Å². The zero-order chi connectivity index (χ0) is 34.0. The van der Waals surface area contributed by atoms with Gasteiger partial charge in [0.1, 0.15) is 0 Å². The second-order valence-corrected chi connectivity index (χ2v) is 36.8. The monoisotopic (exact) mass is 760 g/mol. The van der Waals surface area contributed by atoms with Crippen molar-refractivity contribution < 1.29 is 71.5 Å². The molecule has 0 fully saturated rings. The highest BCUT2D eigenvalue weighted by Crippen LogP contribution is 2.72. The number of hydrogen-bond donors (Lipinski definition) is 14. The summed E-state index contributed by atoms with van der Waals surface area (Å²) in [7, 11) is -15.1. The van der Waals surface area contributed by atoms with Crippen molar-refractivity contribution >= 4 is 43.6 Å². The van der Waals surface area contributed by atoms with Crippen LogP contribution in [-0.4, -0.2) is 222 Å². The fraction of sp³-hybridized carbons (Fsp3) is 1.00. The SMILES string of the molecule is OC[P+](CO)(CO)CC[P+](CO)(CC[P+](CO)(CO)CO)CC[P+](CO)(CC[P+](CO)(CO)CO)CC[P+](CO)(CO)CO. The van der Waals surface area contributed by atoms with Gasteiger partial charge in [-0.05, 0) is 0 Å². The predicted molar refractivity (Wildman–Crippen MR) is 189 cm³/mol. The Morgan fingerprint density at radius 1 is 0.159 bits per heavy atom. The molecule has 0 spiro atoms. The molecule has 0 aromatic heterocycles. The molecule has 0 amide bonds. The molecule has 14 nitrogen and oxygen atoms in total. The molecule has 44 heavy (non-hydrogen) atoms. The van der Waals surface area contributed by atoms with Crippen LogP contribution in [0.2, 0.25) is 0 Å². The second-order valence-electron chi connectivity index (χ2n) is 12.3. The molecule has 0 saturated carbocycles. The Labute approximate surface area is 265 Å². The molecule has 0 saturated heterocycles. The third kappa shape index (κ3) is 13.0. The first kappa shape index (κ1) is 46.0. The zero-order valence-corrected chi connectivity index (χ0v) is 31.3. The van der Waals surface area contributed by atoms with Crippen LogP contribution in [0.1, 0.15) is 0 Å². The molecule has 0 heterocycles. The Bertz CT molecular complexity index is 601. The van der Waals surface area contributed by atoms with Gasteiger partial charge in [0.15, 0.2) is 88.9 Å². The van der Waals surface area contributed by atoms with Gasteiger partial charge in [-0.2, -0.15) is 0 Å². The number of hydrogen-bond acceptors (Lipinski definition) is 14. The Hall–Kier alpha value is 2.02. The molecule has 0 radical (unpaired) electrons. The van der Waals surface area contributed by atoms with Crippen molar-refractivity contribution in [1.29, 1.82) is 0 Å². The van der Waals surface area contributed by atoms with E-state index in [-0.39, 0.29) is 114 Å². The van der Waals surface area contributed by atoms with Gasteiger partial charge in [-0.25, -0.2) is 0 Å². The minimum atomic E-state index is -2.55. The minimum absolute atomic E-state index is 0.259. The third-order valence-electron chi connectivity index (χ3n) is 9.44. The van der Waals surface area contributed by atoms with Crippen LogP contribution >= 0.6 is 43.6 Å². The summed E-state index contributed by atoms with van der Waals surface area (Å²) in [4.78, 5) is 0. The average Bonchev–Trinajstić information content (AvgIpc) is 3.09. The van der Waals surface area contributed by atoms with E-state index in [4.69, 9.17) is 0 Å². The molecule has 20 heteroatoms. The lowest BCUT2D eigenvalue weighted by Gasteiger charge is -2.33. The van der Waals surface area contributed by atoms with Crippen molar-refractivity contribution in [3.63, 3.8) is 0 Å². The molecule has 0 atom stereocenters. The molecule has 14 N–H and O–H groups in total. The first-order valence-electron chi connectivity index (χ1n) is 14.5. The fourth-order valence-electron chi connectivity index (χ4n) is 4.60. The van der Waals surface area contributed by atoms with E-state index in [2.05, 4.69) is 0 Å². The Balaban J connectivity index is 6.64. The van der Waals surface area contributed by atoms with Crippen molar-refractivity contribution in [3.05, 3.63) is 0 Å². The van der Waals surface area contributed by atoms with Gasteiger partial charge >= 0.3 is 0 Å². The van der Waals surface area contributed by atoms with Gasteiger partial charge in [0.05, 0.1) is 105 Å². The van der Waals surface area contributed by atoms with E-state index >= 15 is 0 Å². The Morgan fingerprint density at radius 2 is 0.250 bits per heavy atom. The van der Waals surface area contributed by atoms with Crippen LogP contribution in [0.5, 0.6) is 0 Å². The Kier molecular flexibility index (Phi) is 23.7. The summed E-state index contributed by atoms with van der Waals surface area (Å²) >= 11 is 0. The van der Waals surface area contributed by atoms with Crippen LogP contribution in [0.4, 0.5) is 0 Å². The predicted octanol–water partition coefficient (Wildman–Crippen LogP) is -1.61. The van der Waals surface area contributed by atoms with Gasteiger partial charge in [0.2, 0.25) is 0 Å². The molecule has 266 valence electrons. The number of rotatable bonds is 29. The average molecular weight is 761 g/mol. The topological polar surface area (TPSA) is 283 Å². The number of aliphatic hydroxyl groups excluding tert-OH is 14. The first-order valence-corrected chi connectivity index (χ1v) is 29.7. The maximum atomic E-state index is 10.9. The van der Waals surface area contributed by atoms with E-state index in [0.717, 1.165) is 0 Å². The van der Waals surface area contributed by atoms with Crippen molar-refractivity contribution in [3.8, 4) is 0 Å². The van der Waals surface area contributed by atoms with Crippen molar-refractivity contribution in [2.45, 2.75) is 0 Å². The maximum absolute atomic E-state index is 10.9. The lowest BCUT2D eigenvalue weighted by molar-refractivity contribution is 0.311. The highest BCUT2D eigenvalue weighted by Gasteiger charge is 2.53. The van der Waals surface area contributed by atoms with E-state index in [1.165, 1.54) is 0 Å². The first-order chi connectivity index (χ1) is 20.9. The van der Waals surface area contributed by atoms with Crippen LogP contribution in [-0.2, 0) is 0 Å². The Morgan fingerprint density at radius 3 is 0.341 bits per heavy atom. The highest BCUT2D eigenvalue weighted by atomic mass is 31.2. The summed E-state index contributed by atoms with van der Waals surface area (Å²) < 4.78 is 0. The fourth-order valence-corrected chi connectivity index (χ4v) is 26.5. The second kappa shape index (κ2) is 22.7. The molecule has 0 aromatic carbocycles. The zero-order valence-electron chi connectivity index (χ0n) is 25.9. The highest BCUT2D eigenvalue weighted by molar-refractivity contribution is 7.83. The molecule has 0 aliphatic heterocycles. The maximum Gasteiger partial charge on any atom is 0.158 e. The quantitative estimate of drug-likeness (QED) is 0.0382. The lowest BCUT2D eigenvalue weighted by atomic mass is 10.9. The van der Waals surface area contributed by atoms with E-state index in [1.807, 2.05) is 0 Å². The largest absolute Gasteiger partial charge is 0.362 e. The lowest BCUT2D eigenvalue weighted by Crippen LogP contribution is -2.27. The van der Waals surface area contributed by atoms with Crippen molar-refractivity contribution in [2.75, 3.05) is 150 Å². The van der Waals surface area contributed by atoms with Crippen LogP contribution in [0.25, 0.3) is 0 Å².